The molecule has 6 rings (SSSR count). The summed E-state index contributed by atoms with van der Waals surface area (Å²) < 4.78 is 12.8. The van der Waals surface area contributed by atoms with Crippen LogP contribution in [0.15, 0.2) is 73.1 Å². The molecule has 4 aliphatic rings. The lowest BCUT2D eigenvalue weighted by atomic mass is 9.65. The highest BCUT2D eigenvalue weighted by Crippen LogP contribution is 2.48. The fraction of sp³-hybridized carbons (Fsp3) is 0.500. The molecule has 35 heavy (non-hydrogen) atoms. The second kappa shape index (κ2) is 9.00. The molecule has 1 unspecified atom stereocenters. The summed E-state index contributed by atoms with van der Waals surface area (Å²) in [5, 5.41) is 14.0. The van der Waals surface area contributed by atoms with Gasteiger partial charge in [0, 0.05) is 18.9 Å². The number of hydrogen-bond donors (Lipinski definition) is 1. The van der Waals surface area contributed by atoms with Crippen LogP contribution in [0.1, 0.15) is 49.7 Å². The van der Waals surface area contributed by atoms with Gasteiger partial charge in [0.05, 0.1) is 36.7 Å². The predicted molar refractivity (Wildman–Crippen MR) is 135 cm³/mol. The maximum atomic E-state index is 10.3. The van der Waals surface area contributed by atoms with Crippen LogP contribution in [0.5, 0.6) is 0 Å². The molecule has 0 bridgehead atoms. The maximum absolute atomic E-state index is 10.3. The minimum atomic E-state index is -0.446. The molecule has 2 heterocycles. The summed E-state index contributed by atoms with van der Waals surface area (Å²) in [5.74, 6) is 0.793. The first-order valence-corrected chi connectivity index (χ1v) is 13.1. The Morgan fingerprint density at radius 3 is 2.17 bits per heavy atom. The molecule has 1 saturated heterocycles. The number of ether oxygens (including phenoxy) is 2. The van der Waals surface area contributed by atoms with Crippen molar-refractivity contribution in [2.45, 2.75) is 61.1 Å². The topological polar surface area (TPSA) is 57.5 Å². The lowest BCUT2D eigenvalue weighted by molar-refractivity contribution is -0.174. The number of rotatable bonds is 8. The number of hydrogen-bond acceptors (Lipinski definition) is 5. The molecule has 2 saturated carbocycles. The van der Waals surface area contributed by atoms with E-state index >= 15 is 0 Å². The summed E-state index contributed by atoms with van der Waals surface area (Å²) in [5.41, 5.74) is 1.53. The van der Waals surface area contributed by atoms with Gasteiger partial charge in [-0.3, -0.25) is 0 Å². The van der Waals surface area contributed by atoms with E-state index in [1.54, 1.807) is 0 Å². The quantitative estimate of drug-likeness (QED) is 0.599. The van der Waals surface area contributed by atoms with E-state index in [1.807, 2.05) is 18.2 Å². The van der Waals surface area contributed by atoms with Crippen molar-refractivity contribution in [1.82, 2.24) is 10.2 Å². The van der Waals surface area contributed by atoms with E-state index in [1.165, 1.54) is 18.4 Å². The van der Waals surface area contributed by atoms with E-state index < -0.39 is 5.41 Å². The van der Waals surface area contributed by atoms with Crippen LogP contribution < -0.4 is 5.32 Å². The van der Waals surface area contributed by atoms with E-state index in [4.69, 9.17) is 9.47 Å². The highest BCUT2D eigenvalue weighted by Gasteiger charge is 2.53. The average Bonchev–Trinajstić information content (AvgIpc) is 3.59. The zero-order valence-electron chi connectivity index (χ0n) is 20.4. The first-order chi connectivity index (χ1) is 17.2. The Hall–Kier alpha value is -2.81. The van der Waals surface area contributed by atoms with Crippen LogP contribution in [0, 0.1) is 17.2 Å². The molecule has 2 aliphatic heterocycles. The minimum Gasteiger partial charge on any atom is -0.379 e. The van der Waals surface area contributed by atoms with Gasteiger partial charge in [-0.25, -0.2) is 0 Å². The van der Waals surface area contributed by atoms with Crippen molar-refractivity contribution in [3.05, 3.63) is 84.2 Å². The Labute approximate surface area is 208 Å². The fourth-order valence-electron chi connectivity index (χ4n) is 6.20. The maximum Gasteiger partial charge on any atom is 0.128 e. The Bertz CT molecular complexity index is 1080. The zero-order valence-corrected chi connectivity index (χ0v) is 20.4. The normalized spacial score (nSPS) is 31.4. The van der Waals surface area contributed by atoms with E-state index in [0.717, 1.165) is 43.7 Å². The molecule has 3 fully saturated rings. The van der Waals surface area contributed by atoms with E-state index in [-0.39, 0.29) is 17.2 Å². The first kappa shape index (κ1) is 22.6. The van der Waals surface area contributed by atoms with Gasteiger partial charge in [-0.05, 0) is 55.6 Å². The molecule has 1 atom stereocenters. The summed E-state index contributed by atoms with van der Waals surface area (Å²) >= 11 is 0. The first-order valence-electron chi connectivity index (χ1n) is 13.1. The van der Waals surface area contributed by atoms with Crippen LogP contribution >= 0.6 is 0 Å². The van der Waals surface area contributed by atoms with Crippen LogP contribution in [0.4, 0.5) is 0 Å². The number of nitriles is 1. The molecule has 0 spiro atoms. The third kappa shape index (κ3) is 4.13. The fourth-order valence-corrected chi connectivity index (χ4v) is 6.20. The summed E-state index contributed by atoms with van der Waals surface area (Å²) in [7, 11) is 0. The van der Waals surface area contributed by atoms with Gasteiger partial charge in [-0.2, -0.15) is 5.26 Å². The molecule has 0 aromatic heterocycles. The molecule has 2 aromatic carbocycles. The van der Waals surface area contributed by atoms with Crippen molar-refractivity contribution < 1.29 is 9.47 Å². The average molecular weight is 470 g/mol. The molecule has 182 valence electrons. The van der Waals surface area contributed by atoms with E-state index in [9.17, 15) is 5.26 Å². The van der Waals surface area contributed by atoms with E-state index in [0.29, 0.717) is 19.8 Å². The molecule has 2 aromatic rings. The second-order valence-electron chi connectivity index (χ2n) is 11.1. The summed E-state index contributed by atoms with van der Waals surface area (Å²) in [6.07, 6.45) is 10.3. The van der Waals surface area contributed by atoms with Crippen molar-refractivity contribution in [2.75, 3.05) is 26.4 Å². The Morgan fingerprint density at radius 2 is 1.60 bits per heavy atom. The van der Waals surface area contributed by atoms with Gasteiger partial charge in [0.25, 0.3) is 0 Å². The van der Waals surface area contributed by atoms with Crippen molar-refractivity contribution >= 4 is 0 Å². The smallest absolute Gasteiger partial charge is 0.128 e. The van der Waals surface area contributed by atoms with Crippen molar-refractivity contribution in [2.24, 2.45) is 5.92 Å². The molecule has 5 heteroatoms. The molecule has 0 amide bonds. The second-order valence-corrected chi connectivity index (χ2v) is 11.1. The van der Waals surface area contributed by atoms with Gasteiger partial charge in [0.1, 0.15) is 11.8 Å². The minimum absolute atomic E-state index is 0.0925. The van der Waals surface area contributed by atoms with Crippen LogP contribution in [0.25, 0.3) is 0 Å². The standard InChI is InChI=1S/C30H35N3O2/c31-20-28(25-7-3-1-4-8-25)13-15-30(16-14-28,27-32-17-18-33(27)19-24-11-12-24)35-23-29(21-34-22-29)26-9-5-2-6-10-26/h1-10,17-18,24,27,32H,11-16,19,21-23H2/t27?,28-,30-. The number of nitrogens with one attached hydrogen (secondary N) is 1. The number of nitrogens with zero attached hydrogens (tertiary/aromatic N) is 2. The van der Waals surface area contributed by atoms with Crippen LogP contribution in [0.2, 0.25) is 0 Å². The predicted octanol–water partition coefficient (Wildman–Crippen LogP) is 4.86. The largest absolute Gasteiger partial charge is 0.379 e. The Morgan fingerprint density at radius 1 is 0.943 bits per heavy atom. The summed E-state index contributed by atoms with van der Waals surface area (Å²) in [4.78, 5) is 2.46. The van der Waals surface area contributed by atoms with E-state index in [2.05, 4.69) is 71.2 Å². The molecule has 1 N–H and O–H groups in total. The van der Waals surface area contributed by atoms with Crippen molar-refractivity contribution in [3.63, 3.8) is 0 Å². The summed E-state index contributed by atoms with van der Waals surface area (Å²) in [6, 6.07) is 23.7. The third-order valence-corrected chi connectivity index (χ3v) is 8.79. The van der Waals surface area contributed by atoms with Crippen molar-refractivity contribution in [1.29, 1.82) is 5.26 Å². The van der Waals surface area contributed by atoms with Gasteiger partial charge in [0.2, 0.25) is 0 Å². The summed E-state index contributed by atoms with van der Waals surface area (Å²) in [6.45, 7) is 3.11. The molecular formula is C30H35N3O2. The van der Waals surface area contributed by atoms with Gasteiger partial charge < -0.3 is 19.7 Å². The Balaban J connectivity index is 1.27. The highest BCUT2D eigenvalue weighted by atomic mass is 16.5. The molecule has 2 aliphatic carbocycles. The SMILES string of the molecule is N#C[C@]1(c2ccccc2)CC[C@@](OCC2(c3ccccc3)COC2)(C2NC=CN2CC2CC2)CC1. The highest BCUT2D eigenvalue weighted by molar-refractivity contribution is 5.34. The van der Waals surface area contributed by atoms with Gasteiger partial charge in [-0.1, -0.05) is 60.7 Å². The lowest BCUT2D eigenvalue weighted by Gasteiger charge is -2.51. The van der Waals surface area contributed by atoms with Gasteiger partial charge >= 0.3 is 0 Å². The lowest BCUT2D eigenvalue weighted by Crippen LogP contribution is -2.61. The molecule has 0 radical (unpaired) electrons. The monoisotopic (exact) mass is 469 g/mol. The third-order valence-electron chi connectivity index (χ3n) is 8.79. The van der Waals surface area contributed by atoms with Crippen molar-refractivity contribution in [3.8, 4) is 6.07 Å². The molecule has 5 nitrogen and oxygen atoms in total. The van der Waals surface area contributed by atoms with Crippen LogP contribution in [0.3, 0.4) is 0 Å². The Kier molecular flexibility index (Phi) is 5.82. The van der Waals surface area contributed by atoms with Crippen LogP contribution in [-0.4, -0.2) is 43.0 Å². The van der Waals surface area contributed by atoms with Gasteiger partial charge in [0.15, 0.2) is 0 Å². The molecular weight excluding hydrogens is 434 g/mol. The number of benzene rings is 2. The van der Waals surface area contributed by atoms with Crippen LogP contribution in [-0.2, 0) is 20.3 Å². The van der Waals surface area contributed by atoms with Gasteiger partial charge in [-0.15, -0.1) is 0 Å². The zero-order chi connectivity index (χ0) is 23.8.